The second-order valence-electron chi connectivity index (χ2n) is 15.4. The van der Waals surface area contributed by atoms with Gasteiger partial charge >= 0.3 is 0 Å². The van der Waals surface area contributed by atoms with Gasteiger partial charge in [0.15, 0.2) is 0 Å². The molecule has 0 aliphatic heterocycles. The molecule has 5 aromatic carbocycles. The van der Waals surface area contributed by atoms with Crippen molar-refractivity contribution in [3.8, 4) is 22.3 Å². The quantitative estimate of drug-likeness (QED) is 0.0693. The van der Waals surface area contributed by atoms with Gasteiger partial charge in [0.2, 0.25) is 0 Å². The van der Waals surface area contributed by atoms with Crippen molar-refractivity contribution in [2.75, 3.05) is 4.90 Å². The summed E-state index contributed by atoms with van der Waals surface area (Å²) in [6.07, 6.45) is 22.2. The Morgan fingerprint density at radius 2 is 0.904 bits per heavy atom. The van der Waals surface area contributed by atoms with Gasteiger partial charge in [-0.2, -0.15) is 0 Å². The Labute approximate surface area is 316 Å². The summed E-state index contributed by atoms with van der Waals surface area (Å²) in [7, 11) is 0. The molecule has 0 bridgehead atoms. The number of hydrogen-bond donors (Lipinski definition) is 0. The maximum absolute atomic E-state index is 2.59. The van der Waals surface area contributed by atoms with Gasteiger partial charge in [-0.3, -0.25) is 0 Å². The van der Waals surface area contributed by atoms with Crippen LogP contribution in [0.15, 0.2) is 121 Å². The topological polar surface area (TPSA) is 3.24 Å². The van der Waals surface area contributed by atoms with Crippen molar-refractivity contribution >= 4 is 17.1 Å². The molecular formula is C51H63N. The summed E-state index contributed by atoms with van der Waals surface area (Å²) >= 11 is 0. The molecule has 0 spiro atoms. The number of unbranched alkanes of at least 4 members (excludes halogenated alkanes) is 11. The summed E-state index contributed by atoms with van der Waals surface area (Å²) in [5.74, 6) is 0. The van der Waals surface area contributed by atoms with E-state index in [4.69, 9.17) is 0 Å². The summed E-state index contributed by atoms with van der Waals surface area (Å²) in [5.41, 5.74) is 13.8. The Morgan fingerprint density at radius 3 is 1.54 bits per heavy atom. The Balaban J connectivity index is 1.31. The molecule has 0 saturated heterocycles. The lowest BCUT2D eigenvalue weighted by atomic mass is 9.70. The van der Waals surface area contributed by atoms with Crippen LogP contribution in [0.25, 0.3) is 22.3 Å². The van der Waals surface area contributed by atoms with E-state index in [9.17, 15) is 0 Å². The molecule has 0 radical (unpaired) electrons. The van der Waals surface area contributed by atoms with Crippen molar-refractivity contribution in [3.05, 3.63) is 138 Å². The van der Waals surface area contributed by atoms with Crippen molar-refractivity contribution in [3.63, 3.8) is 0 Å². The van der Waals surface area contributed by atoms with E-state index in [-0.39, 0.29) is 5.41 Å². The summed E-state index contributed by atoms with van der Waals surface area (Å²) in [5, 5.41) is 0. The molecule has 1 aliphatic rings. The van der Waals surface area contributed by atoms with Crippen molar-refractivity contribution in [1.29, 1.82) is 0 Å². The molecule has 0 aromatic heterocycles. The van der Waals surface area contributed by atoms with Crippen LogP contribution in [0.2, 0.25) is 0 Å². The first-order chi connectivity index (χ1) is 25.7. The Kier molecular flexibility index (Phi) is 13.8. The first kappa shape index (κ1) is 37.7. The maximum Gasteiger partial charge on any atom is 0.0462 e. The Hall–Kier alpha value is -4.10. The molecule has 0 N–H and O–H groups in total. The van der Waals surface area contributed by atoms with Gasteiger partial charge in [0.1, 0.15) is 0 Å². The van der Waals surface area contributed by atoms with Crippen LogP contribution < -0.4 is 4.90 Å². The lowest BCUT2D eigenvalue weighted by molar-refractivity contribution is 0.398. The van der Waals surface area contributed by atoms with Crippen molar-refractivity contribution in [1.82, 2.24) is 0 Å². The average Bonchev–Trinajstić information content (AvgIpc) is 3.47. The van der Waals surface area contributed by atoms with E-state index in [0.29, 0.717) is 0 Å². The number of para-hydroxylation sites is 1. The number of nitrogens with zero attached hydrogens (tertiary/aromatic N) is 1. The minimum atomic E-state index is 0.102. The monoisotopic (exact) mass is 689 g/mol. The predicted molar refractivity (Wildman–Crippen MR) is 227 cm³/mol. The lowest BCUT2D eigenvalue weighted by Gasteiger charge is -2.33. The third-order valence-electron chi connectivity index (χ3n) is 11.7. The second kappa shape index (κ2) is 19.1. The summed E-state index contributed by atoms with van der Waals surface area (Å²) in [4.78, 5) is 2.39. The number of benzene rings is 5. The zero-order valence-corrected chi connectivity index (χ0v) is 32.5. The van der Waals surface area contributed by atoms with E-state index in [0.717, 1.165) is 6.42 Å². The molecule has 0 atom stereocenters. The van der Waals surface area contributed by atoms with Gasteiger partial charge in [0.25, 0.3) is 0 Å². The van der Waals surface area contributed by atoms with E-state index in [1.165, 1.54) is 148 Å². The summed E-state index contributed by atoms with van der Waals surface area (Å²) in [6, 6.07) is 46.1. The highest BCUT2D eigenvalue weighted by Gasteiger charge is 2.42. The van der Waals surface area contributed by atoms with Crippen LogP contribution in [0.3, 0.4) is 0 Å². The minimum Gasteiger partial charge on any atom is -0.311 e. The van der Waals surface area contributed by atoms with Crippen LogP contribution >= 0.6 is 0 Å². The van der Waals surface area contributed by atoms with Gasteiger partial charge in [-0.15, -0.1) is 0 Å². The number of hydrogen-bond acceptors (Lipinski definition) is 1. The lowest BCUT2D eigenvalue weighted by Crippen LogP contribution is -2.25. The van der Waals surface area contributed by atoms with Crippen LogP contribution in [0.4, 0.5) is 17.1 Å². The molecular weight excluding hydrogens is 627 g/mol. The summed E-state index contributed by atoms with van der Waals surface area (Å²) in [6.45, 7) is 6.90. The zero-order chi connectivity index (χ0) is 36.0. The van der Waals surface area contributed by atoms with Gasteiger partial charge in [-0.25, -0.2) is 0 Å². The molecule has 0 unspecified atom stereocenters. The first-order valence-corrected chi connectivity index (χ1v) is 21.0. The average molecular weight is 690 g/mol. The first-order valence-electron chi connectivity index (χ1n) is 21.0. The Morgan fingerprint density at radius 1 is 0.404 bits per heavy atom. The SMILES string of the molecule is CCCCCCCCC1(CCCCCCCC)c2ccccc2-c2ccc(-c3ccc(N(c4ccccc4)c4ccc(CCCC)cc4)cc3)cc21. The molecule has 5 aromatic rings. The molecule has 0 heterocycles. The van der Waals surface area contributed by atoms with E-state index in [1.54, 1.807) is 11.1 Å². The molecule has 0 fully saturated rings. The molecule has 52 heavy (non-hydrogen) atoms. The van der Waals surface area contributed by atoms with Crippen LogP contribution in [-0.4, -0.2) is 0 Å². The normalized spacial score (nSPS) is 12.8. The zero-order valence-electron chi connectivity index (χ0n) is 32.5. The molecule has 272 valence electrons. The predicted octanol–water partition coefficient (Wildman–Crippen LogP) is 15.9. The van der Waals surface area contributed by atoms with E-state index >= 15 is 0 Å². The standard InChI is InChI=1S/C51H63N/c1-4-7-10-12-14-21-38-51(39-22-15-13-11-8-5-2)49-27-20-19-26-47(49)48-37-32-43(40-50(48)51)42-30-35-46(36-31-42)52(44-24-17-16-18-25-44)45-33-28-41(29-34-45)23-9-6-3/h16-20,24-37,40H,4-15,21-23,38-39H2,1-3H3. The third kappa shape index (κ3) is 8.91. The molecule has 0 saturated carbocycles. The van der Waals surface area contributed by atoms with Gasteiger partial charge in [-0.1, -0.05) is 183 Å². The molecule has 1 aliphatic carbocycles. The Bertz CT molecular complexity index is 1770. The van der Waals surface area contributed by atoms with Crippen molar-refractivity contribution in [2.45, 2.75) is 135 Å². The fourth-order valence-electron chi connectivity index (χ4n) is 8.73. The number of fused-ring (bicyclic) bond motifs is 3. The largest absolute Gasteiger partial charge is 0.311 e. The molecule has 6 rings (SSSR count). The van der Waals surface area contributed by atoms with Crippen LogP contribution in [-0.2, 0) is 11.8 Å². The molecule has 1 nitrogen and oxygen atoms in total. The second-order valence-corrected chi connectivity index (χ2v) is 15.4. The fraction of sp³-hybridized carbons (Fsp3) is 0.412. The fourth-order valence-corrected chi connectivity index (χ4v) is 8.73. The van der Waals surface area contributed by atoms with E-state index < -0.39 is 0 Å². The number of anilines is 3. The highest BCUT2D eigenvalue weighted by molar-refractivity contribution is 5.85. The highest BCUT2D eigenvalue weighted by Crippen LogP contribution is 2.55. The number of aryl methyl sites for hydroxylation is 1. The van der Waals surface area contributed by atoms with Gasteiger partial charge in [-0.05, 0) is 107 Å². The van der Waals surface area contributed by atoms with Gasteiger partial charge in [0.05, 0.1) is 0 Å². The van der Waals surface area contributed by atoms with Crippen molar-refractivity contribution < 1.29 is 0 Å². The van der Waals surface area contributed by atoms with Gasteiger partial charge in [0, 0.05) is 22.5 Å². The smallest absolute Gasteiger partial charge is 0.0462 e. The highest BCUT2D eigenvalue weighted by atomic mass is 15.1. The maximum atomic E-state index is 2.59. The third-order valence-corrected chi connectivity index (χ3v) is 11.7. The molecule has 0 amide bonds. The van der Waals surface area contributed by atoms with Crippen molar-refractivity contribution in [2.24, 2.45) is 0 Å². The molecule has 1 heteroatoms. The van der Waals surface area contributed by atoms with Crippen LogP contribution in [0.1, 0.15) is 140 Å². The van der Waals surface area contributed by atoms with Gasteiger partial charge < -0.3 is 4.90 Å². The summed E-state index contributed by atoms with van der Waals surface area (Å²) < 4.78 is 0. The van der Waals surface area contributed by atoms with Crippen LogP contribution in [0.5, 0.6) is 0 Å². The van der Waals surface area contributed by atoms with Crippen LogP contribution in [0, 0.1) is 0 Å². The minimum absolute atomic E-state index is 0.102. The number of rotatable bonds is 21. The van der Waals surface area contributed by atoms with E-state index in [2.05, 4.69) is 147 Å². The van der Waals surface area contributed by atoms with E-state index in [1.807, 2.05) is 0 Å².